The molecule has 3 heteroatoms. The van der Waals surface area contributed by atoms with Crippen LogP contribution in [0.25, 0.3) is 0 Å². The molecule has 0 radical (unpaired) electrons. The molecule has 13 heavy (non-hydrogen) atoms. The molecule has 0 saturated heterocycles. The Kier molecular flexibility index (Phi) is 3.70. The van der Waals surface area contributed by atoms with Gasteiger partial charge in [0, 0.05) is 0 Å². The quantitative estimate of drug-likeness (QED) is 0.799. The molecule has 0 bridgehead atoms. The van der Waals surface area contributed by atoms with E-state index < -0.39 is 5.82 Å². The van der Waals surface area contributed by atoms with Gasteiger partial charge in [0.25, 0.3) is 0 Å². The van der Waals surface area contributed by atoms with E-state index in [1.165, 1.54) is 6.07 Å². The summed E-state index contributed by atoms with van der Waals surface area (Å²) >= 11 is 5.72. The molecule has 1 aromatic carbocycles. The summed E-state index contributed by atoms with van der Waals surface area (Å²) in [5.74, 6) is -0.398. The zero-order valence-corrected chi connectivity index (χ0v) is 8.18. The maximum absolute atomic E-state index is 12.9. The average molecular weight is 203 g/mol. The number of benzene rings is 1. The molecule has 0 fully saturated rings. The highest BCUT2D eigenvalue weighted by Crippen LogP contribution is 2.21. The third-order valence-corrected chi connectivity index (χ3v) is 2.29. The lowest BCUT2D eigenvalue weighted by atomic mass is 10.1. The van der Waals surface area contributed by atoms with Crippen molar-refractivity contribution in [3.63, 3.8) is 0 Å². The number of aliphatic hydroxyl groups excluding tert-OH is 1. The fourth-order valence-corrected chi connectivity index (χ4v) is 1.33. The van der Waals surface area contributed by atoms with E-state index in [1.54, 1.807) is 19.1 Å². The van der Waals surface area contributed by atoms with E-state index in [1.807, 2.05) is 0 Å². The molecule has 0 spiro atoms. The number of hydrogen-bond acceptors (Lipinski definition) is 1. The lowest BCUT2D eigenvalue weighted by Gasteiger charge is -2.06. The van der Waals surface area contributed by atoms with Crippen molar-refractivity contribution < 1.29 is 9.50 Å². The van der Waals surface area contributed by atoms with Crippen LogP contribution in [0.2, 0.25) is 5.02 Å². The van der Waals surface area contributed by atoms with Crippen LogP contribution in [0, 0.1) is 5.82 Å². The molecule has 0 amide bonds. The maximum Gasteiger partial charge on any atom is 0.142 e. The van der Waals surface area contributed by atoms with Crippen LogP contribution in [-0.2, 0) is 6.42 Å². The van der Waals surface area contributed by atoms with Gasteiger partial charge in [-0.2, -0.15) is 0 Å². The predicted molar refractivity (Wildman–Crippen MR) is 51.4 cm³/mol. The molecule has 0 saturated carbocycles. The summed E-state index contributed by atoms with van der Waals surface area (Å²) in [6.07, 6.45) is 0.830. The summed E-state index contributed by atoms with van der Waals surface area (Å²) < 4.78 is 12.9. The van der Waals surface area contributed by atoms with Gasteiger partial charge in [-0.15, -0.1) is 0 Å². The second kappa shape index (κ2) is 4.58. The van der Waals surface area contributed by atoms with Crippen LogP contribution in [0.15, 0.2) is 18.2 Å². The van der Waals surface area contributed by atoms with Crippen LogP contribution >= 0.6 is 11.6 Å². The monoisotopic (exact) mass is 202 g/mol. The van der Waals surface area contributed by atoms with Gasteiger partial charge < -0.3 is 5.11 Å². The summed E-state index contributed by atoms with van der Waals surface area (Å²) in [5.41, 5.74) is 0.752. The molecular formula is C10H12ClFO. The fraction of sp³-hybridized carbons (Fsp3) is 0.400. The van der Waals surface area contributed by atoms with Crippen molar-refractivity contribution in [3.8, 4) is 0 Å². The van der Waals surface area contributed by atoms with Crippen molar-refractivity contribution in [3.05, 3.63) is 34.6 Å². The molecule has 1 unspecified atom stereocenters. The van der Waals surface area contributed by atoms with Gasteiger partial charge in [-0.05, 0) is 31.4 Å². The molecule has 72 valence electrons. The smallest absolute Gasteiger partial charge is 0.142 e. The second-order valence-corrected chi connectivity index (χ2v) is 3.48. The first-order chi connectivity index (χ1) is 6.11. The minimum absolute atomic E-state index is 0.170. The predicted octanol–water partition coefficient (Wildman–Crippen LogP) is 2.79. The van der Waals surface area contributed by atoms with Crippen molar-refractivity contribution in [1.82, 2.24) is 0 Å². The van der Waals surface area contributed by atoms with Crippen LogP contribution in [0.3, 0.4) is 0 Å². The van der Waals surface area contributed by atoms with Gasteiger partial charge >= 0.3 is 0 Å². The van der Waals surface area contributed by atoms with E-state index in [0.717, 1.165) is 5.56 Å². The molecule has 0 aliphatic heterocycles. The number of aliphatic hydroxyl groups is 1. The Balaban J connectivity index is 2.71. The highest BCUT2D eigenvalue weighted by atomic mass is 35.5. The van der Waals surface area contributed by atoms with Gasteiger partial charge in [0.15, 0.2) is 0 Å². The number of rotatable bonds is 3. The molecule has 1 atom stereocenters. The van der Waals surface area contributed by atoms with Gasteiger partial charge in [-0.25, -0.2) is 4.39 Å². The van der Waals surface area contributed by atoms with Gasteiger partial charge in [-0.1, -0.05) is 23.7 Å². The lowest BCUT2D eigenvalue weighted by Crippen LogP contribution is -2.02. The van der Waals surface area contributed by atoms with Gasteiger partial charge in [0.05, 0.1) is 11.1 Å². The van der Waals surface area contributed by atoms with Crippen LogP contribution < -0.4 is 0 Å². The molecule has 0 heterocycles. The molecule has 0 aliphatic rings. The van der Waals surface area contributed by atoms with Crippen molar-refractivity contribution in [1.29, 1.82) is 0 Å². The Morgan fingerprint density at radius 3 is 2.85 bits per heavy atom. The van der Waals surface area contributed by atoms with E-state index in [0.29, 0.717) is 12.8 Å². The van der Waals surface area contributed by atoms with Gasteiger partial charge in [0.2, 0.25) is 0 Å². The summed E-state index contributed by atoms with van der Waals surface area (Å²) in [5, 5.41) is 9.21. The molecule has 0 aromatic heterocycles. The molecule has 1 nitrogen and oxygen atoms in total. The normalized spacial score (nSPS) is 12.9. The SMILES string of the molecule is CC(O)CCc1cccc(F)c1Cl. The summed E-state index contributed by atoms with van der Waals surface area (Å²) in [4.78, 5) is 0. The molecule has 1 N–H and O–H groups in total. The first kappa shape index (κ1) is 10.5. The van der Waals surface area contributed by atoms with E-state index in [-0.39, 0.29) is 11.1 Å². The zero-order valence-electron chi connectivity index (χ0n) is 7.43. The Hall–Kier alpha value is -0.600. The molecular weight excluding hydrogens is 191 g/mol. The highest BCUT2D eigenvalue weighted by molar-refractivity contribution is 6.31. The maximum atomic E-state index is 12.9. The van der Waals surface area contributed by atoms with Crippen LogP contribution in [-0.4, -0.2) is 11.2 Å². The summed E-state index contributed by atoms with van der Waals surface area (Å²) in [6.45, 7) is 1.70. The second-order valence-electron chi connectivity index (χ2n) is 3.10. The van der Waals surface area contributed by atoms with E-state index >= 15 is 0 Å². The lowest BCUT2D eigenvalue weighted by molar-refractivity contribution is 0.185. The largest absolute Gasteiger partial charge is 0.393 e. The minimum Gasteiger partial charge on any atom is -0.393 e. The highest BCUT2D eigenvalue weighted by Gasteiger charge is 2.06. The Labute approximate surface area is 82.2 Å². The first-order valence-electron chi connectivity index (χ1n) is 4.22. The van der Waals surface area contributed by atoms with E-state index in [4.69, 9.17) is 16.7 Å². The van der Waals surface area contributed by atoms with Gasteiger partial charge in [0.1, 0.15) is 5.82 Å². The third kappa shape index (κ3) is 2.98. The van der Waals surface area contributed by atoms with Crippen molar-refractivity contribution in [2.75, 3.05) is 0 Å². The zero-order chi connectivity index (χ0) is 9.84. The summed E-state index contributed by atoms with van der Waals surface area (Å²) in [6, 6.07) is 4.72. The molecule has 0 aliphatic carbocycles. The van der Waals surface area contributed by atoms with Gasteiger partial charge in [-0.3, -0.25) is 0 Å². The standard InChI is InChI=1S/C10H12ClFO/c1-7(13)5-6-8-3-2-4-9(12)10(8)11/h2-4,7,13H,5-6H2,1H3. The Morgan fingerprint density at radius 2 is 2.23 bits per heavy atom. The Bertz CT molecular complexity index is 286. The average Bonchev–Trinajstić information content (AvgIpc) is 2.07. The minimum atomic E-state index is -0.398. The first-order valence-corrected chi connectivity index (χ1v) is 4.60. The van der Waals surface area contributed by atoms with Crippen LogP contribution in [0.5, 0.6) is 0 Å². The third-order valence-electron chi connectivity index (χ3n) is 1.86. The van der Waals surface area contributed by atoms with E-state index in [2.05, 4.69) is 0 Å². The van der Waals surface area contributed by atoms with Crippen LogP contribution in [0.1, 0.15) is 18.9 Å². The summed E-state index contributed by atoms with van der Waals surface area (Å²) in [7, 11) is 0. The van der Waals surface area contributed by atoms with Crippen LogP contribution in [0.4, 0.5) is 4.39 Å². The van der Waals surface area contributed by atoms with Crippen molar-refractivity contribution in [2.24, 2.45) is 0 Å². The number of halogens is 2. The topological polar surface area (TPSA) is 20.2 Å². The Morgan fingerprint density at radius 1 is 1.54 bits per heavy atom. The van der Waals surface area contributed by atoms with E-state index in [9.17, 15) is 4.39 Å². The number of aryl methyl sites for hydroxylation is 1. The fourth-order valence-electron chi connectivity index (χ4n) is 1.11. The molecule has 1 aromatic rings. The van der Waals surface area contributed by atoms with Crippen molar-refractivity contribution >= 4 is 11.6 Å². The number of hydrogen-bond donors (Lipinski definition) is 1. The van der Waals surface area contributed by atoms with Crippen molar-refractivity contribution in [2.45, 2.75) is 25.9 Å². The molecule has 1 rings (SSSR count).